The van der Waals surface area contributed by atoms with E-state index in [1.54, 1.807) is 30.2 Å². The Bertz CT molecular complexity index is 1210. The molecule has 3 amide bonds. The predicted molar refractivity (Wildman–Crippen MR) is 128 cm³/mol. The molecule has 2 aromatic heterocycles. The van der Waals surface area contributed by atoms with E-state index in [0.717, 1.165) is 29.6 Å². The van der Waals surface area contributed by atoms with Crippen molar-refractivity contribution in [1.82, 2.24) is 14.9 Å². The van der Waals surface area contributed by atoms with E-state index in [4.69, 9.17) is 23.2 Å². The van der Waals surface area contributed by atoms with E-state index in [1.165, 1.54) is 0 Å². The number of aromatic nitrogens is 2. The number of carbonyl (C=O) groups is 2. The summed E-state index contributed by atoms with van der Waals surface area (Å²) >= 11 is 12.4. The third kappa shape index (κ3) is 3.98. The number of urea groups is 1. The van der Waals surface area contributed by atoms with Crippen molar-refractivity contribution in [2.75, 3.05) is 29.9 Å². The van der Waals surface area contributed by atoms with Crippen LogP contribution in [0.5, 0.6) is 0 Å². The van der Waals surface area contributed by atoms with Gasteiger partial charge in [-0.25, -0.2) is 9.78 Å². The molecule has 3 heterocycles. The fourth-order valence-corrected chi connectivity index (χ4v) is 4.72. The van der Waals surface area contributed by atoms with Crippen LogP contribution >= 0.6 is 23.2 Å². The first-order valence-corrected chi connectivity index (χ1v) is 11.2. The number of hydrogen-bond acceptors (Lipinski definition) is 4. The second-order valence-electron chi connectivity index (χ2n) is 7.78. The van der Waals surface area contributed by atoms with E-state index >= 15 is 0 Å². The Morgan fingerprint density at radius 3 is 2.72 bits per heavy atom. The number of hydrogen-bond donors (Lipinski definition) is 1. The number of para-hydroxylation sites is 1. The fourth-order valence-electron chi connectivity index (χ4n) is 4.02. The molecule has 3 aromatic rings. The Hall–Kier alpha value is -2.90. The van der Waals surface area contributed by atoms with Gasteiger partial charge in [-0.2, -0.15) is 0 Å². The standard InChI is InChI=1S/C23H23Cl2N5O2/c1-4-8-29-9-10-30(23(29)32)20-13(2)12-26-19-15(20)6-5-7-17(19)28-22(31)18-16(24)11-14(3)27-21(18)25/h5-7,11-12H,4,8-10H2,1-3H3,(H,28,31). The summed E-state index contributed by atoms with van der Waals surface area (Å²) in [5, 5.41) is 3.90. The molecule has 32 heavy (non-hydrogen) atoms. The van der Waals surface area contributed by atoms with Crippen molar-refractivity contribution in [2.24, 2.45) is 0 Å². The van der Waals surface area contributed by atoms with Crippen LogP contribution in [0, 0.1) is 13.8 Å². The van der Waals surface area contributed by atoms with E-state index in [-0.39, 0.29) is 21.8 Å². The van der Waals surface area contributed by atoms with Gasteiger partial charge in [0.15, 0.2) is 0 Å². The minimum atomic E-state index is -0.477. The van der Waals surface area contributed by atoms with Crippen molar-refractivity contribution in [3.63, 3.8) is 0 Å². The molecule has 4 rings (SSSR count). The normalized spacial score (nSPS) is 13.8. The Morgan fingerprint density at radius 2 is 2.00 bits per heavy atom. The molecule has 1 N–H and O–H groups in total. The second kappa shape index (κ2) is 8.92. The molecule has 7 nitrogen and oxygen atoms in total. The Labute approximate surface area is 196 Å². The third-order valence-corrected chi connectivity index (χ3v) is 6.01. The van der Waals surface area contributed by atoms with Crippen molar-refractivity contribution >= 4 is 57.4 Å². The highest BCUT2D eigenvalue weighted by Gasteiger charge is 2.31. The van der Waals surface area contributed by atoms with Crippen molar-refractivity contribution in [1.29, 1.82) is 0 Å². The van der Waals surface area contributed by atoms with Crippen LogP contribution in [0.4, 0.5) is 16.2 Å². The predicted octanol–water partition coefficient (Wildman–Crippen LogP) is 5.46. The maximum Gasteiger partial charge on any atom is 0.324 e. The first-order valence-electron chi connectivity index (χ1n) is 10.4. The lowest BCUT2D eigenvalue weighted by molar-refractivity contribution is 0.102. The van der Waals surface area contributed by atoms with Crippen LogP contribution < -0.4 is 10.2 Å². The number of rotatable bonds is 5. The maximum absolute atomic E-state index is 13.0. The van der Waals surface area contributed by atoms with Gasteiger partial charge in [0.1, 0.15) is 5.15 Å². The van der Waals surface area contributed by atoms with Crippen molar-refractivity contribution in [3.8, 4) is 0 Å². The van der Waals surface area contributed by atoms with Gasteiger partial charge >= 0.3 is 6.03 Å². The quantitative estimate of drug-likeness (QED) is 0.501. The molecular formula is C23H23Cl2N5O2. The lowest BCUT2D eigenvalue weighted by atomic mass is 10.1. The monoisotopic (exact) mass is 471 g/mol. The summed E-state index contributed by atoms with van der Waals surface area (Å²) in [4.78, 5) is 38.3. The second-order valence-corrected chi connectivity index (χ2v) is 8.54. The van der Waals surface area contributed by atoms with Crippen LogP contribution in [0.3, 0.4) is 0 Å². The van der Waals surface area contributed by atoms with Gasteiger partial charge < -0.3 is 10.2 Å². The molecule has 0 radical (unpaired) electrons. The van der Waals surface area contributed by atoms with Gasteiger partial charge in [0.25, 0.3) is 5.91 Å². The molecule has 1 saturated heterocycles. The molecule has 1 aliphatic rings. The Balaban J connectivity index is 1.74. The van der Waals surface area contributed by atoms with Gasteiger partial charge in [-0.3, -0.25) is 14.7 Å². The molecule has 0 saturated carbocycles. The summed E-state index contributed by atoms with van der Waals surface area (Å²) in [7, 11) is 0. The van der Waals surface area contributed by atoms with E-state index in [0.29, 0.717) is 30.0 Å². The van der Waals surface area contributed by atoms with Crippen LogP contribution in [0.2, 0.25) is 10.2 Å². The molecule has 0 spiro atoms. The molecular weight excluding hydrogens is 449 g/mol. The van der Waals surface area contributed by atoms with E-state index in [1.807, 2.05) is 24.0 Å². The molecule has 9 heteroatoms. The molecule has 0 unspecified atom stereocenters. The van der Waals surface area contributed by atoms with Gasteiger partial charge in [-0.15, -0.1) is 0 Å². The van der Waals surface area contributed by atoms with Gasteiger partial charge in [-0.05, 0) is 38.0 Å². The van der Waals surface area contributed by atoms with E-state index in [9.17, 15) is 9.59 Å². The third-order valence-electron chi connectivity index (χ3n) is 5.44. The van der Waals surface area contributed by atoms with Crippen molar-refractivity contribution < 1.29 is 9.59 Å². The van der Waals surface area contributed by atoms with Crippen LogP contribution in [0.25, 0.3) is 10.9 Å². The number of carbonyl (C=O) groups excluding carboxylic acids is 2. The SMILES string of the molecule is CCCN1CCN(c2c(C)cnc3c(NC(=O)c4c(Cl)cc(C)nc4Cl)cccc23)C1=O. The summed E-state index contributed by atoms with van der Waals surface area (Å²) in [5.41, 5.74) is 3.50. The minimum absolute atomic E-state index is 0.0128. The average Bonchev–Trinajstić information content (AvgIpc) is 3.07. The van der Waals surface area contributed by atoms with Gasteiger partial charge in [-0.1, -0.05) is 42.3 Å². The van der Waals surface area contributed by atoms with Gasteiger partial charge in [0.05, 0.1) is 27.5 Å². The highest BCUT2D eigenvalue weighted by Crippen LogP contribution is 2.35. The number of nitrogens with zero attached hydrogens (tertiary/aromatic N) is 4. The number of halogens is 2. The molecule has 1 fully saturated rings. The highest BCUT2D eigenvalue weighted by molar-refractivity contribution is 6.39. The van der Waals surface area contributed by atoms with Crippen LogP contribution in [-0.4, -0.2) is 46.4 Å². The van der Waals surface area contributed by atoms with Crippen LogP contribution in [-0.2, 0) is 0 Å². The van der Waals surface area contributed by atoms with E-state index < -0.39 is 5.91 Å². The van der Waals surface area contributed by atoms with Crippen LogP contribution in [0.15, 0.2) is 30.5 Å². The lowest BCUT2D eigenvalue weighted by Crippen LogP contribution is -2.32. The van der Waals surface area contributed by atoms with Gasteiger partial charge in [0, 0.05) is 36.9 Å². The zero-order chi connectivity index (χ0) is 23.0. The fraction of sp³-hybridized carbons (Fsp3) is 0.304. The van der Waals surface area contributed by atoms with Crippen LogP contribution in [0.1, 0.15) is 35.0 Å². The largest absolute Gasteiger partial charge is 0.324 e. The smallest absolute Gasteiger partial charge is 0.323 e. The number of benzene rings is 1. The minimum Gasteiger partial charge on any atom is -0.323 e. The zero-order valence-electron chi connectivity index (χ0n) is 18.1. The van der Waals surface area contributed by atoms with Crippen molar-refractivity contribution in [3.05, 3.63) is 57.5 Å². The van der Waals surface area contributed by atoms with Crippen molar-refractivity contribution in [2.45, 2.75) is 27.2 Å². The Morgan fingerprint density at radius 1 is 1.22 bits per heavy atom. The molecule has 0 aliphatic carbocycles. The number of aryl methyl sites for hydroxylation is 2. The molecule has 0 bridgehead atoms. The number of amides is 3. The maximum atomic E-state index is 13.0. The lowest BCUT2D eigenvalue weighted by Gasteiger charge is -2.22. The summed E-state index contributed by atoms with van der Waals surface area (Å²) in [6.07, 6.45) is 2.63. The molecule has 1 aromatic carbocycles. The van der Waals surface area contributed by atoms with E-state index in [2.05, 4.69) is 22.2 Å². The zero-order valence-corrected chi connectivity index (χ0v) is 19.6. The number of nitrogens with one attached hydrogen (secondary N) is 1. The number of pyridine rings is 2. The summed E-state index contributed by atoms with van der Waals surface area (Å²) < 4.78 is 0. The molecule has 166 valence electrons. The Kier molecular flexibility index (Phi) is 6.22. The number of anilines is 2. The summed E-state index contributed by atoms with van der Waals surface area (Å²) in [6, 6.07) is 7.06. The molecule has 1 aliphatic heterocycles. The molecule has 0 atom stereocenters. The van der Waals surface area contributed by atoms with Gasteiger partial charge in [0.2, 0.25) is 0 Å². The topological polar surface area (TPSA) is 78.4 Å². The highest BCUT2D eigenvalue weighted by atomic mass is 35.5. The first kappa shape index (κ1) is 22.3. The summed E-state index contributed by atoms with van der Waals surface area (Å²) in [6.45, 7) is 7.75. The number of fused-ring (bicyclic) bond motifs is 1. The average molecular weight is 472 g/mol. The summed E-state index contributed by atoms with van der Waals surface area (Å²) in [5.74, 6) is -0.477. The first-order chi connectivity index (χ1) is 15.3.